The number of methoxy groups -OCH3 is 2. The van der Waals surface area contributed by atoms with Crippen molar-refractivity contribution in [3.63, 3.8) is 0 Å². The number of carboxylic acid groups (broad SMARTS) is 1. The van der Waals surface area contributed by atoms with E-state index < -0.39 is 5.97 Å². The predicted octanol–water partition coefficient (Wildman–Crippen LogP) is 1.96. The number of hydrogen-bond acceptors (Lipinski definition) is 4. The molecule has 122 valence electrons. The molecule has 0 aliphatic heterocycles. The average Bonchev–Trinajstić information content (AvgIpc) is 2.51. The van der Waals surface area contributed by atoms with E-state index >= 15 is 0 Å². The van der Waals surface area contributed by atoms with Crippen LogP contribution in [0, 0.1) is 0 Å². The zero-order valence-corrected chi connectivity index (χ0v) is 13.3. The molecule has 0 aliphatic rings. The lowest BCUT2D eigenvalue weighted by molar-refractivity contribution is -0.138. The highest BCUT2D eigenvalue weighted by atomic mass is 16.5. The van der Waals surface area contributed by atoms with Gasteiger partial charge in [0, 0.05) is 24.7 Å². The molecule has 1 N–H and O–H groups in total. The van der Waals surface area contributed by atoms with Crippen molar-refractivity contribution in [3.05, 3.63) is 23.8 Å². The van der Waals surface area contributed by atoms with Crippen LogP contribution in [0.15, 0.2) is 18.2 Å². The quantitative estimate of drug-likeness (QED) is 0.754. The van der Waals surface area contributed by atoms with Gasteiger partial charge >= 0.3 is 5.97 Å². The molecule has 1 rings (SSSR count). The first-order valence-electron chi connectivity index (χ1n) is 7.22. The largest absolute Gasteiger partial charge is 0.497 e. The van der Waals surface area contributed by atoms with Crippen molar-refractivity contribution in [2.45, 2.75) is 26.2 Å². The summed E-state index contributed by atoms with van der Waals surface area (Å²) < 4.78 is 10.4. The minimum absolute atomic E-state index is 0.0501. The van der Waals surface area contributed by atoms with Gasteiger partial charge in [-0.05, 0) is 12.5 Å². The lowest BCUT2D eigenvalue weighted by atomic mass is 10.1. The van der Waals surface area contributed by atoms with E-state index in [0.29, 0.717) is 18.0 Å². The Morgan fingerprint density at radius 3 is 2.45 bits per heavy atom. The molecule has 6 nitrogen and oxygen atoms in total. The second kappa shape index (κ2) is 8.92. The third-order valence-electron chi connectivity index (χ3n) is 3.28. The van der Waals surface area contributed by atoms with Gasteiger partial charge in [0.1, 0.15) is 11.5 Å². The summed E-state index contributed by atoms with van der Waals surface area (Å²) in [6.07, 6.45) is 0.906. The summed E-state index contributed by atoms with van der Waals surface area (Å²) in [6, 6.07) is 5.29. The maximum absolute atomic E-state index is 12.4. The normalized spacial score (nSPS) is 10.1. The Hall–Kier alpha value is -2.24. The molecule has 0 heterocycles. The third-order valence-corrected chi connectivity index (χ3v) is 3.28. The topological polar surface area (TPSA) is 76.1 Å². The number of hydrogen-bond donors (Lipinski definition) is 1. The van der Waals surface area contributed by atoms with Crippen LogP contribution in [0.3, 0.4) is 0 Å². The Kier molecular flexibility index (Phi) is 7.22. The highest BCUT2D eigenvalue weighted by Gasteiger charge is 2.17. The monoisotopic (exact) mass is 309 g/mol. The van der Waals surface area contributed by atoms with E-state index in [0.717, 1.165) is 12.0 Å². The lowest BCUT2D eigenvalue weighted by Gasteiger charge is -2.22. The summed E-state index contributed by atoms with van der Waals surface area (Å²) in [5, 5.41) is 8.77. The summed E-state index contributed by atoms with van der Waals surface area (Å²) in [6.45, 7) is 2.72. The molecule has 0 fully saturated rings. The molecule has 0 atom stereocenters. The average molecular weight is 309 g/mol. The standard InChI is InChI=1S/C16H23NO5/c1-4-8-17(9-7-16(19)20)15(18)10-12-5-6-13(21-2)11-14(12)22-3/h5-6,11H,4,7-10H2,1-3H3,(H,19,20). The summed E-state index contributed by atoms with van der Waals surface area (Å²) in [4.78, 5) is 24.7. The van der Waals surface area contributed by atoms with E-state index in [1.54, 1.807) is 30.2 Å². The fourth-order valence-electron chi connectivity index (χ4n) is 2.13. The summed E-state index contributed by atoms with van der Waals surface area (Å²) >= 11 is 0. The first-order valence-corrected chi connectivity index (χ1v) is 7.22. The molecule has 1 aromatic rings. The second-order valence-electron chi connectivity index (χ2n) is 4.88. The molecule has 0 saturated heterocycles. The fourth-order valence-corrected chi connectivity index (χ4v) is 2.13. The summed E-state index contributed by atoms with van der Waals surface area (Å²) in [5.41, 5.74) is 0.754. The van der Waals surface area contributed by atoms with Crippen LogP contribution >= 0.6 is 0 Å². The van der Waals surface area contributed by atoms with Crippen LogP contribution in [0.5, 0.6) is 11.5 Å². The third kappa shape index (κ3) is 5.27. The van der Waals surface area contributed by atoms with Crippen molar-refractivity contribution in [2.75, 3.05) is 27.3 Å². The van der Waals surface area contributed by atoms with Crippen LogP contribution in [-0.4, -0.2) is 49.2 Å². The van der Waals surface area contributed by atoms with Gasteiger partial charge in [0.05, 0.1) is 27.1 Å². The highest BCUT2D eigenvalue weighted by Crippen LogP contribution is 2.25. The lowest BCUT2D eigenvalue weighted by Crippen LogP contribution is -2.34. The Balaban J connectivity index is 2.81. The van der Waals surface area contributed by atoms with E-state index in [1.807, 2.05) is 6.92 Å². The van der Waals surface area contributed by atoms with Crippen LogP contribution in [0.25, 0.3) is 0 Å². The predicted molar refractivity (Wildman–Crippen MR) is 82.4 cm³/mol. The van der Waals surface area contributed by atoms with E-state index in [1.165, 1.54) is 7.11 Å². The molecule has 0 spiro atoms. The van der Waals surface area contributed by atoms with Crippen LogP contribution in [-0.2, 0) is 16.0 Å². The van der Waals surface area contributed by atoms with E-state index in [-0.39, 0.29) is 25.3 Å². The van der Waals surface area contributed by atoms with Gasteiger partial charge in [0.2, 0.25) is 5.91 Å². The summed E-state index contributed by atoms with van der Waals surface area (Å²) in [5.74, 6) is 0.231. The van der Waals surface area contributed by atoms with E-state index in [9.17, 15) is 9.59 Å². The van der Waals surface area contributed by atoms with Crippen molar-refractivity contribution in [1.29, 1.82) is 0 Å². The number of rotatable bonds is 9. The van der Waals surface area contributed by atoms with Crippen LogP contribution in [0.2, 0.25) is 0 Å². The second-order valence-corrected chi connectivity index (χ2v) is 4.88. The molecule has 0 aromatic heterocycles. The molecule has 0 unspecified atom stereocenters. The number of benzene rings is 1. The van der Waals surface area contributed by atoms with Gasteiger partial charge in [-0.1, -0.05) is 13.0 Å². The van der Waals surface area contributed by atoms with Gasteiger partial charge in [-0.2, -0.15) is 0 Å². The molecule has 1 amide bonds. The molecular formula is C16H23NO5. The number of carboxylic acids is 1. The maximum Gasteiger partial charge on any atom is 0.305 e. The Morgan fingerprint density at radius 1 is 1.18 bits per heavy atom. The molecule has 0 aliphatic carbocycles. The molecule has 0 radical (unpaired) electrons. The van der Waals surface area contributed by atoms with Crippen LogP contribution in [0.4, 0.5) is 0 Å². The first-order chi connectivity index (χ1) is 10.5. The number of aliphatic carboxylic acids is 1. The maximum atomic E-state index is 12.4. The Bertz CT molecular complexity index is 515. The van der Waals surface area contributed by atoms with Gasteiger partial charge in [-0.25, -0.2) is 0 Å². The summed E-state index contributed by atoms with van der Waals surface area (Å²) in [7, 11) is 3.10. The van der Waals surface area contributed by atoms with Gasteiger partial charge in [-0.15, -0.1) is 0 Å². The minimum atomic E-state index is -0.907. The molecular weight excluding hydrogens is 286 g/mol. The van der Waals surface area contributed by atoms with Gasteiger partial charge < -0.3 is 19.5 Å². The van der Waals surface area contributed by atoms with Crippen molar-refractivity contribution < 1.29 is 24.2 Å². The number of nitrogens with zero attached hydrogens (tertiary/aromatic N) is 1. The minimum Gasteiger partial charge on any atom is -0.497 e. The molecule has 22 heavy (non-hydrogen) atoms. The van der Waals surface area contributed by atoms with E-state index in [2.05, 4.69) is 0 Å². The first kappa shape index (κ1) is 17.8. The van der Waals surface area contributed by atoms with Gasteiger partial charge in [0.25, 0.3) is 0 Å². The van der Waals surface area contributed by atoms with Gasteiger partial charge in [-0.3, -0.25) is 9.59 Å². The zero-order valence-electron chi connectivity index (χ0n) is 13.3. The molecule has 1 aromatic carbocycles. The number of carbonyl (C=O) groups excluding carboxylic acids is 1. The zero-order chi connectivity index (χ0) is 16.5. The van der Waals surface area contributed by atoms with Gasteiger partial charge in [0.15, 0.2) is 0 Å². The fraction of sp³-hybridized carbons (Fsp3) is 0.500. The number of amides is 1. The Morgan fingerprint density at radius 2 is 1.91 bits per heavy atom. The van der Waals surface area contributed by atoms with Crippen molar-refractivity contribution in [1.82, 2.24) is 4.90 Å². The highest BCUT2D eigenvalue weighted by molar-refractivity contribution is 5.80. The smallest absolute Gasteiger partial charge is 0.305 e. The van der Waals surface area contributed by atoms with Crippen molar-refractivity contribution >= 4 is 11.9 Å². The Labute approximate surface area is 130 Å². The van der Waals surface area contributed by atoms with Crippen LogP contribution < -0.4 is 9.47 Å². The number of carbonyl (C=O) groups is 2. The van der Waals surface area contributed by atoms with Crippen molar-refractivity contribution in [3.8, 4) is 11.5 Å². The molecule has 6 heteroatoms. The molecule has 0 bridgehead atoms. The number of ether oxygens (including phenoxy) is 2. The van der Waals surface area contributed by atoms with E-state index in [4.69, 9.17) is 14.6 Å². The van der Waals surface area contributed by atoms with Crippen molar-refractivity contribution in [2.24, 2.45) is 0 Å². The SMILES string of the molecule is CCCN(CCC(=O)O)C(=O)Cc1ccc(OC)cc1OC. The molecule has 0 saturated carbocycles. The van der Waals surface area contributed by atoms with Crippen LogP contribution in [0.1, 0.15) is 25.3 Å².